The van der Waals surface area contributed by atoms with Gasteiger partial charge in [0, 0.05) is 50.1 Å². The number of aliphatic hydroxyl groups is 1. The van der Waals surface area contributed by atoms with Crippen LogP contribution in [0.1, 0.15) is 170 Å². The fourth-order valence-corrected chi connectivity index (χ4v) is 12.7. The van der Waals surface area contributed by atoms with Crippen LogP contribution in [0, 0.1) is 22.7 Å². The van der Waals surface area contributed by atoms with E-state index in [4.69, 9.17) is 28.7 Å². The molecule has 0 aromatic heterocycles. The van der Waals surface area contributed by atoms with E-state index in [0.717, 1.165) is 61.8 Å². The monoisotopic (exact) mass is 1170 g/mol. The molecular formula is C66H87BN6O12. The number of hydrogen-bond donors (Lipinski definition) is 2. The maximum Gasteiger partial charge on any atom is 0.416 e. The molecule has 3 saturated heterocycles. The molecule has 3 aromatic carbocycles. The molecule has 2 N–H and O–H groups in total. The molecule has 5 aliphatic heterocycles. The van der Waals surface area contributed by atoms with Crippen molar-refractivity contribution in [3.8, 4) is 23.0 Å². The van der Waals surface area contributed by atoms with Crippen LogP contribution in [0.4, 0.5) is 21.9 Å². The molecule has 456 valence electrons. The van der Waals surface area contributed by atoms with Crippen LogP contribution in [0.3, 0.4) is 0 Å². The number of fused-ring (bicyclic) bond motifs is 4. The molecule has 6 aliphatic rings. The average Bonchev–Trinajstić information content (AvgIpc) is 1.82. The molecule has 85 heavy (non-hydrogen) atoms. The van der Waals surface area contributed by atoms with Gasteiger partial charge in [-0.3, -0.25) is 29.1 Å². The molecule has 1 aliphatic carbocycles. The summed E-state index contributed by atoms with van der Waals surface area (Å²) in [6.45, 7) is 16.5. The first-order chi connectivity index (χ1) is 40.8. The van der Waals surface area contributed by atoms with Gasteiger partial charge in [0.15, 0.2) is 29.2 Å². The Morgan fingerprint density at radius 3 is 2.19 bits per heavy atom. The predicted molar refractivity (Wildman–Crippen MR) is 328 cm³/mol. The van der Waals surface area contributed by atoms with Crippen LogP contribution < -0.4 is 29.1 Å². The molecule has 0 spiro atoms. The number of carbonyl (C=O) groups excluding carboxylic acids is 6. The van der Waals surface area contributed by atoms with Gasteiger partial charge in [0.25, 0.3) is 11.8 Å². The number of nitrogens with one attached hydrogen (secondary N) is 1. The molecule has 5 amide bonds. The van der Waals surface area contributed by atoms with Gasteiger partial charge in [0.05, 0.1) is 67.9 Å². The largest absolute Gasteiger partial charge is 0.493 e. The highest BCUT2D eigenvalue weighted by Crippen LogP contribution is 2.44. The van der Waals surface area contributed by atoms with Crippen molar-refractivity contribution in [2.75, 3.05) is 57.2 Å². The number of nitrogens with zero attached hydrogens (tertiary/aromatic N) is 5. The van der Waals surface area contributed by atoms with Crippen LogP contribution in [0.15, 0.2) is 77.3 Å². The Morgan fingerprint density at radius 1 is 0.788 bits per heavy atom. The Morgan fingerprint density at radius 2 is 1.47 bits per heavy atom. The second kappa shape index (κ2) is 27.5. The summed E-state index contributed by atoms with van der Waals surface area (Å²) < 4.78 is 30.3. The van der Waals surface area contributed by atoms with Crippen molar-refractivity contribution < 1.29 is 57.6 Å². The zero-order chi connectivity index (χ0) is 60.6. The van der Waals surface area contributed by atoms with Gasteiger partial charge in [-0.25, -0.2) is 9.69 Å². The minimum absolute atomic E-state index is 0.000328. The lowest BCUT2D eigenvalue weighted by Gasteiger charge is -2.32. The van der Waals surface area contributed by atoms with E-state index in [0.29, 0.717) is 110 Å². The molecular weight excluding hydrogens is 1080 g/mol. The van der Waals surface area contributed by atoms with Gasteiger partial charge in [0.2, 0.25) is 11.8 Å². The minimum Gasteiger partial charge on any atom is -0.493 e. The van der Waals surface area contributed by atoms with E-state index in [2.05, 4.69) is 45.6 Å². The van der Waals surface area contributed by atoms with E-state index in [9.17, 15) is 33.9 Å². The fraction of sp³-hybridized carbons (Fsp3) is 0.561. The molecule has 4 fully saturated rings. The third-order valence-corrected chi connectivity index (χ3v) is 18.2. The second-order valence-electron chi connectivity index (χ2n) is 25.7. The summed E-state index contributed by atoms with van der Waals surface area (Å²) in [5, 5.41) is 15.2. The summed E-state index contributed by atoms with van der Waals surface area (Å²) >= 11 is 0. The van der Waals surface area contributed by atoms with Gasteiger partial charge >= 0.3 is 13.5 Å². The SMILES string of the molecule is C=C1C[C@H]2[C@H](O)N(C(=O)OCc3ccc(NBC(=O)CCCCCN4C(=O)CC(C5CCCCCCC5)C4=O)cc3)c3cc(OCCC(C)(C)CCC(C)(C)COc4cc5c(cc4OC)C(=O)N4C/C(=C/C)C[C@H]4C=N5)c(OC)cc3C(=O)N2C1. The first kappa shape index (κ1) is 62.4. The Balaban J connectivity index is 0.757. The van der Waals surface area contributed by atoms with Crippen LogP contribution in [0.2, 0.25) is 0 Å². The van der Waals surface area contributed by atoms with Crippen molar-refractivity contribution in [2.45, 2.75) is 169 Å². The van der Waals surface area contributed by atoms with Crippen molar-refractivity contribution in [2.24, 2.45) is 27.7 Å². The first-order valence-electron chi connectivity index (χ1n) is 30.8. The predicted octanol–water partition coefficient (Wildman–Crippen LogP) is 11.1. The van der Waals surface area contributed by atoms with E-state index in [1.807, 2.05) is 18.0 Å². The molecule has 0 radical (unpaired) electrons. The van der Waals surface area contributed by atoms with Gasteiger partial charge in [-0.15, -0.1) is 0 Å². The lowest BCUT2D eigenvalue weighted by atomic mass is 9.78. The summed E-state index contributed by atoms with van der Waals surface area (Å²) in [5.74, 6) is 1.21. The quantitative estimate of drug-likeness (QED) is 0.0371. The van der Waals surface area contributed by atoms with Crippen LogP contribution in [0.5, 0.6) is 23.0 Å². The number of aliphatic hydroxyl groups excluding tert-OH is 1. The van der Waals surface area contributed by atoms with Crippen molar-refractivity contribution in [3.05, 3.63) is 89.0 Å². The topological polar surface area (TPSA) is 206 Å². The number of allylic oxidation sites excluding steroid dienone is 1. The minimum atomic E-state index is -1.47. The Bertz CT molecular complexity index is 3040. The normalized spacial score (nSPS) is 21.4. The highest BCUT2D eigenvalue weighted by atomic mass is 16.6. The molecule has 19 heteroatoms. The molecule has 0 bridgehead atoms. The van der Waals surface area contributed by atoms with Gasteiger partial charge in [-0.05, 0) is 118 Å². The molecule has 5 heterocycles. The summed E-state index contributed by atoms with van der Waals surface area (Å²) in [7, 11) is 3.19. The number of amides is 5. The average molecular weight is 1170 g/mol. The Hall–Kier alpha value is -7.15. The van der Waals surface area contributed by atoms with E-state index in [-0.39, 0.29) is 90.5 Å². The highest BCUT2D eigenvalue weighted by Gasteiger charge is 2.47. The van der Waals surface area contributed by atoms with Crippen LogP contribution in [-0.2, 0) is 25.7 Å². The number of likely N-dealkylation sites (tertiary alicyclic amines) is 1. The van der Waals surface area contributed by atoms with Gasteiger partial charge < -0.3 is 48.6 Å². The summed E-state index contributed by atoms with van der Waals surface area (Å²) in [4.78, 5) is 91.8. The summed E-state index contributed by atoms with van der Waals surface area (Å²) in [6, 6.07) is 13.0. The molecule has 9 rings (SSSR count). The zero-order valence-corrected chi connectivity index (χ0v) is 51.0. The second-order valence-corrected chi connectivity index (χ2v) is 25.7. The van der Waals surface area contributed by atoms with Gasteiger partial charge in [-0.1, -0.05) is 102 Å². The summed E-state index contributed by atoms with van der Waals surface area (Å²) in [6.07, 6.45) is 15.8. The summed E-state index contributed by atoms with van der Waals surface area (Å²) in [5.41, 5.74) is 4.26. The number of hydrogen-bond acceptors (Lipinski definition) is 14. The van der Waals surface area contributed by atoms with E-state index < -0.39 is 18.4 Å². The van der Waals surface area contributed by atoms with Gasteiger partial charge in [-0.2, -0.15) is 0 Å². The highest BCUT2D eigenvalue weighted by molar-refractivity contribution is 6.76. The number of rotatable bonds is 24. The number of ether oxygens (including phenoxy) is 5. The smallest absolute Gasteiger partial charge is 0.416 e. The fourth-order valence-electron chi connectivity index (χ4n) is 12.7. The number of unbranched alkanes of at least 4 members (excludes halogenated alkanes) is 2. The maximum atomic E-state index is 14.3. The first-order valence-corrected chi connectivity index (χ1v) is 30.8. The molecule has 18 nitrogen and oxygen atoms in total. The van der Waals surface area contributed by atoms with E-state index >= 15 is 0 Å². The van der Waals surface area contributed by atoms with E-state index in [1.165, 1.54) is 41.7 Å². The molecule has 3 aromatic rings. The number of aliphatic imine (C=N–C) groups is 1. The Labute approximate surface area is 501 Å². The van der Waals surface area contributed by atoms with Gasteiger partial charge in [0.1, 0.15) is 12.3 Å². The van der Waals surface area contributed by atoms with Crippen LogP contribution >= 0.6 is 0 Å². The third-order valence-electron chi connectivity index (χ3n) is 18.2. The van der Waals surface area contributed by atoms with Crippen molar-refractivity contribution in [1.29, 1.82) is 0 Å². The van der Waals surface area contributed by atoms with Crippen LogP contribution in [-0.4, -0.2) is 134 Å². The Kier molecular flexibility index (Phi) is 20.2. The number of carbonyl (C=O) groups is 6. The van der Waals surface area contributed by atoms with Crippen molar-refractivity contribution >= 4 is 66.1 Å². The lowest BCUT2D eigenvalue weighted by molar-refractivity contribution is -0.140. The zero-order valence-electron chi connectivity index (χ0n) is 51.0. The van der Waals surface area contributed by atoms with E-state index in [1.54, 1.807) is 55.6 Å². The van der Waals surface area contributed by atoms with Crippen molar-refractivity contribution in [1.82, 2.24) is 14.7 Å². The maximum absolute atomic E-state index is 14.3. The molecule has 1 unspecified atom stereocenters. The standard InChI is InChI=1S/C66H87BN6O12/c1-9-43-31-47-37-68-51-35-56(54(81-7)32-49(51)61(77)71(47)39-43)85-41-66(5,6)26-25-65(3,4)27-29-83-57-36-52-50(33-55(57)82-8)62(78)72-38-42(2)30-53(72)63(79)73(52)64(80)84-40-44-21-23-46(24-22-44)69-67-58(74)20-16-13-17-28-70-59(75)34-48(60(70)76)45-18-14-11-10-12-15-19-45/h9,21-24,32-33,35-37,45,47-48,53,63,67,69,79H,2,10-20,25-31,34,38-41H2,1,3-8H3/b43-9+/t47-,48?,53-,63-/m0/s1. The number of methoxy groups -OCH3 is 2. The number of benzene rings is 3. The molecule has 1 saturated carbocycles. The third kappa shape index (κ3) is 14.9. The lowest BCUT2D eigenvalue weighted by Crippen LogP contribution is -2.50. The van der Waals surface area contributed by atoms with Crippen LogP contribution in [0.25, 0.3) is 0 Å². The number of imide groups is 1. The van der Waals surface area contributed by atoms with Crippen molar-refractivity contribution in [3.63, 3.8) is 0 Å². The number of anilines is 2. The molecule has 4 atom stereocenters.